The number of rotatable bonds is 2. The molecule has 0 amide bonds. The number of benzene rings is 1. The van der Waals surface area contributed by atoms with Gasteiger partial charge in [0.15, 0.2) is 0 Å². The van der Waals surface area contributed by atoms with E-state index in [4.69, 9.17) is 0 Å². The van der Waals surface area contributed by atoms with Gasteiger partial charge in [-0.1, -0.05) is 19.4 Å². The summed E-state index contributed by atoms with van der Waals surface area (Å²) in [4.78, 5) is 0. The summed E-state index contributed by atoms with van der Waals surface area (Å²) in [5.74, 6) is 0.407. The van der Waals surface area contributed by atoms with Crippen LogP contribution in [-0.2, 0) is 0 Å². The largest absolute Gasteiger partial charge is 0.367 e. The lowest BCUT2D eigenvalue weighted by Gasteiger charge is -2.27. The van der Waals surface area contributed by atoms with Crippen LogP contribution in [0, 0.1) is 23.1 Å². The summed E-state index contributed by atoms with van der Waals surface area (Å²) in [6, 6.07) is 8.76. The van der Waals surface area contributed by atoms with Crippen LogP contribution >= 0.6 is 0 Å². The van der Waals surface area contributed by atoms with Crippen LogP contribution in [0.4, 0.5) is 10.1 Å². The molecule has 0 bridgehead atoms. The Morgan fingerprint density at radius 3 is 2.94 bits per heavy atom. The Morgan fingerprint density at radius 1 is 1.39 bits per heavy atom. The second kappa shape index (κ2) is 5.39. The fourth-order valence-corrected chi connectivity index (χ4v) is 2.62. The van der Waals surface area contributed by atoms with Crippen LogP contribution in [-0.4, -0.2) is 5.54 Å². The first kappa shape index (κ1) is 12.9. The second-order valence-electron chi connectivity index (χ2n) is 5.37. The highest BCUT2D eigenvalue weighted by Crippen LogP contribution is 2.32. The van der Waals surface area contributed by atoms with Gasteiger partial charge >= 0.3 is 0 Å². The number of hydrogen-bond acceptors (Lipinski definition) is 2. The molecule has 3 heteroatoms. The van der Waals surface area contributed by atoms with Crippen LogP contribution in [0.5, 0.6) is 0 Å². The van der Waals surface area contributed by atoms with Crippen LogP contribution < -0.4 is 5.32 Å². The third-order valence-electron chi connectivity index (χ3n) is 3.79. The predicted octanol–water partition coefficient (Wildman–Crippen LogP) is 4.10. The van der Waals surface area contributed by atoms with E-state index in [1.165, 1.54) is 18.6 Å². The molecule has 0 saturated heterocycles. The number of nitrogens with one attached hydrogen (secondary N) is 1. The Kier molecular flexibility index (Phi) is 3.86. The SMILES string of the molecule is CC1CCCC(C#N)(Nc2cccc(F)c2)CC1. The van der Waals surface area contributed by atoms with Gasteiger partial charge in [-0.2, -0.15) is 5.26 Å². The predicted molar refractivity (Wildman–Crippen MR) is 70.6 cm³/mol. The highest BCUT2D eigenvalue weighted by Gasteiger charge is 2.32. The van der Waals surface area contributed by atoms with Crippen LogP contribution in [0.25, 0.3) is 0 Å². The monoisotopic (exact) mass is 246 g/mol. The molecule has 1 aliphatic carbocycles. The summed E-state index contributed by atoms with van der Waals surface area (Å²) < 4.78 is 13.2. The third-order valence-corrected chi connectivity index (χ3v) is 3.79. The molecule has 2 rings (SSSR count). The van der Waals surface area contributed by atoms with Gasteiger partial charge < -0.3 is 5.32 Å². The Hall–Kier alpha value is -1.56. The zero-order valence-corrected chi connectivity index (χ0v) is 10.7. The quantitative estimate of drug-likeness (QED) is 0.797. The fraction of sp³-hybridized carbons (Fsp3) is 0.533. The summed E-state index contributed by atoms with van der Waals surface area (Å²) in [5, 5.41) is 12.7. The Bertz CT molecular complexity index is 452. The minimum atomic E-state index is -0.529. The first-order valence-electron chi connectivity index (χ1n) is 6.58. The smallest absolute Gasteiger partial charge is 0.125 e. The zero-order valence-electron chi connectivity index (χ0n) is 10.7. The third kappa shape index (κ3) is 3.01. The summed E-state index contributed by atoms with van der Waals surface area (Å²) >= 11 is 0. The Morgan fingerprint density at radius 2 is 2.22 bits per heavy atom. The summed E-state index contributed by atoms with van der Waals surface area (Å²) in [7, 11) is 0. The van der Waals surface area contributed by atoms with E-state index in [1.54, 1.807) is 6.07 Å². The number of anilines is 1. The van der Waals surface area contributed by atoms with E-state index in [-0.39, 0.29) is 5.82 Å². The second-order valence-corrected chi connectivity index (χ2v) is 5.37. The molecule has 2 unspecified atom stereocenters. The van der Waals surface area contributed by atoms with Gasteiger partial charge in [-0.3, -0.25) is 0 Å². The lowest BCUT2D eigenvalue weighted by Crippen LogP contribution is -2.36. The number of nitrogens with zero attached hydrogens (tertiary/aromatic N) is 1. The molecule has 2 nitrogen and oxygen atoms in total. The summed E-state index contributed by atoms with van der Waals surface area (Å²) in [5.41, 5.74) is 0.171. The van der Waals surface area contributed by atoms with E-state index < -0.39 is 5.54 Å². The van der Waals surface area contributed by atoms with E-state index in [0.717, 1.165) is 25.7 Å². The molecule has 2 atom stereocenters. The molecule has 1 aromatic carbocycles. The minimum absolute atomic E-state index is 0.268. The molecule has 96 valence electrons. The van der Waals surface area contributed by atoms with E-state index in [1.807, 2.05) is 6.07 Å². The molecule has 1 fully saturated rings. The van der Waals surface area contributed by atoms with Gasteiger partial charge in [-0.05, 0) is 49.8 Å². The standard InChI is InChI=1S/C15H19FN2/c1-12-4-3-8-15(11-17,9-7-12)18-14-6-2-5-13(16)10-14/h2,5-6,10,12,18H,3-4,7-9H2,1H3. The van der Waals surface area contributed by atoms with Crippen molar-refractivity contribution in [3.8, 4) is 6.07 Å². The molecule has 0 heterocycles. The van der Waals surface area contributed by atoms with Crippen molar-refractivity contribution in [1.82, 2.24) is 0 Å². The van der Waals surface area contributed by atoms with Crippen LogP contribution in [0.2, 0.25) is 0 Å². The summed E-state index contributed by atoms with van der Waals surface area (Å²) in [6.07, 6.45) is 4.95. The molecule has 0 spiro atoms. The van der Waals surface area contributed by atoms with E-state index in [9.17, 15) is 9.65 Å². The van der Waals surface area contributed by atoms with Crippen LogP contribution in [0.15, 0.2) is 24.3 Å². The van der Waals surface area contributed by atoms with E-state index >= 15 is 0 Å². The van der Waals surface area contributed by atoms with Gasteiger partial charge in [-0.25, -0.2) is 4.39 Å². The Labute approximate surface area is 108 Å². The molecule has 1 saturated carbocycles. The molecule has 1 aromatic rings. The summed E-state index contributed by atoms with van der Waals surface area (Å²) in [6.45, 7) is 2.23. The lowest BCUT2D eigenvalue weighted by atomic mass is 9.91. The van der Waals surface area contributed by atoms with Crippen molar-refractivity contribution in [2.24, 2.45) is 5.92 Å². The maximum atomic E-state index is 13.2. The Balaban J connectivity index is 2.15. The number of hydrogen-bond donors (Lipinski definition) is 1. The van der Waals surface area contributed by atoms with E-state index in [2.05, 4.69) is 18.3 Å². The van der Waals surface area contributed by atoms with Crippen LogP contribution in [0.1, 0.15) is 39.0 Å². The normalized spacial score (nSPS) is 28.2. The highest BCUT2D eigenvalue weighted by molar-refractivity contribution is 5.47. The minimum Gasteiger partial charge on any atom is -0.367 e. The first-order valence-corrected chi connectivity index (χ1v) is 6.58. The van der Waals surface area contributed by atoms with E-state index in [0.29, 0.717) is 11.6 Å². The molecule has 0 aromatic heterocycles. The number of nitriles is 1. The van der Waals surface area contributed by atoms with Crippen LogP contribution in [0.3, 0.4) is 0 Å². The number of halogens is 1. The average Bonchev–Trinajstić information content (AvgIpc) is 2.53. The van der Waals surface area contributed by atoms with Gasteiger partial charge in [0.05, 0.1) is 6.07 Å². The van der Waals surface area contributed by atoms with Crippen molar-refractivity contribution in [3.63, 3.8) is 0 Å². The molecule has 0 radical (unpaired) electrons. The van der Waals surface area contributed by atoms with Crippen molar-refractivity contribution in [3.05, 3.63) is 30.1 Å². The molecule has 1 N–H and O–H groups in total. The maximum Gasteiger partial charge on any atom is 0.125 e. The molecular formula is C15H19FN2. The van der Waals surface area contributed by atoms with Crippen molar-refractivity contribution in [2.75, 3.05) is 5.32 Å². The van der Waals surface area contributed by atoms with Gasteiger partial charge in [0.25, 0.3) is 0 Å². The van der Waals surface area contributed by atoms with Crippen molar-refractivity contribution in [2.45, 2.75) is 44.6 Å². The van der Waals surface area contributed by atoms with Gasteiger partial charge in [0.1, 0.15) is 11.4 Å². The van der Waals surface area contributed by atoms with Gasteiger partial charge in [0.2, 0.25) is 0 Å². The topological polar surface area (TPSA) is 35.8 Å². The first-order chi connectivity index (χ1) is 8.63. The highest BCUT2D eigenvalue weighted by atomic mass is 19.1. The molecule has 1 aliphatic rings. The maximum absolute atomic E-state index is 13.2. The van der Waals surface area contributed by atoms with Crippen molar-refractivity contribution >= 4 is 5.69 Å². The van der Waals surface area contributed by atoms with Crippen molar-refractivity contribution in [1.29, 1.82) is 5.26 Å². The fourth-order valence-electron chi connectivity index (χ4n) is 2.62. The molecule has 0 aliphatic heterocycles. The van der Waals surface area contributed by atoms with Crippen molar-refractivity contribution < 1.29 is 4.39 Å². The zero-order chi connectivity index (χ0) is 13.0. The van der Waals surface area contributed by atoms with Gasteiger partial charge in [0, 0.05) is 5.69 Å². The average molecular weight is 246 g/mol. The molecule has 18 heavy (non-hydrogen) atoms. The lowest BCUT2D eigenvalue weighted by molar-refractivity contribution is 0.479. The molecular weight excluding hydrogens is 227 g/mol. The van der Waals surface area contributed by atoms with Gasteiger partial charge in [-0.15, -0.1) is 0 Å².